The molecule has 3 heteroatoms. The maximum absolute atomic E-state index is 4.47. The minimum atomic E-state index is -0.386. The van der Waals surface area contributed by atoms with Gasteiger partial charge in [0.25, 0.3) is 0 Å². The lowest BCUT2D eigenvalue weighted by atomic mass is 9.71. The Balaban J connectivity index is 2.60. The Morgan fingerprint density at radius 1 is 1.12 bits per heavy atom. The number of nitrogens with zero attached hydrogens (tertiary/aromatic N) is 2. The second-order valence-electron chi connectivity index (χ2n) is 8.85. The Morgan fingerprint density at radius 3 is 2.22 bits per heavy atom. The smallest absolute Gasteiger partial charge is 0.0985 e. The molecule has 1 aliphatic rings. The first-order valence-electron chi connectivity index (χ1n) is 11.3. The molecule has 0 amide bonds. The van der Waals surface area contributed by atoms with Crippen molar-refractivity contribution in [3.05, 3.63) is 108 Å². The van der Waals surface area contributed by atoms with Crippen LogP contribution in [0.1, 0.15) is 64.5 Å². The second-order valence-corrected chi connectivity index (χ2v) is 8.85. The van der Waals surface area contributed by atoms with Crippen molar-refractivity contribution in [2.24, 2.45) is 4.99 Å². The Hall–Kier alpha value is -3.07. The van der Waals surface area contributed by atoms with Gasteiger partial charge in [-0.1, -0.05) is 76.1 Å². The monoisotopic (exact) mass is 429 g/mol. The zero-order chi connectivity index (χ0) is 24.1. The van der Waals surface area contributed by atoms with Crippen molar-refractivity contribution in [1.82, 2.24) is 10.2 Å². The van der Waals surface area contributed by atoms with Gasteiger partial charge in [-0.3, -0.25) is 4.99 Å². The average Bonchev–Trinajstić information content (AvgIpc) is 2.77. The molecule has 0 radical (unpaired) electrons. The van der Waals surface area contributed by atoms with Crippen molar-refractivity contribution in [1.29, 1.82) is 0 Å². The van der Waals surface area contributed by atoms with Gasteiger partial charge in [-0.05, 0) is 61.5 Å². The molecule has 32 heavy (non-hydrogen) atoms. The van der Waals surface area contributed by atoms with Gasteiger partial charge in [-0.2, -0.15) is 0 Å². The summed E-state index contributed by atoms with van der Waals surface area (Å²) in [5, 5.41) is 3.69. The molecule has 1 aromatic rings. The lowest BCUT2D eigenvalue weighted by Crippen LogP contribution is -2.56. The fourth-order valence-electron chi connectivity index (χ4n) is 4.25. The Bertz CT molecular complexity index is 986. The third kappa shape index (κ3) is 5.04. The highest BCUT2D eigenvalue weighted by Crippen LogP contribution is 2.44. The van der Waals surface area contributed by atoms with Gasteiger partial charge in [0.2, 0.25) is 0 Å². The molecule has 1 heterocycles. The van der Waals surface area contributed by atoms with Crippen molar-refractivity contribution in [3.8, 4) is 0 Å². The molecule has 0 aromatic heterocycles. The summed E-state index contributed by atoms with van der Waals surface area (Å²) in [5.74, 6) is 1.41. The zero-order valence-electron chi connectivity index (χ0n) is 20.9. The molecule has 1 fully saturated rings. The third-order valence-electron chi connectivity index (χ3n) is 6.55. The average molecular weight is 430 g/mol. The molecule has 0 saturated carbocycles. The van der Waals surface area contributed by atoms with E-state index in [2.05, 4.69) is 112 Å². The van der Waals surface area contributed by atoms with Crippen LogP contribution in [-0.2, 0) is 0 Å². The summed E-state index contributed by atoms with van der Waals surface area (Å²) in [4.78, 5) is 6.27. The molecule has 1 unspecified atom stereocenters. The molecule has 0 bridgehead atoms. The van der Waals surface area contributed by atoms with E-state index in [4.69, 9.17) is 0 Å². The minimum absolute atomic E-state index is 0.0597. The highest BCUT2D eigenvalue weighted by atomic mass is 15.3. The predicted molar refractivity (Wildman–Crippen MR) is 141 cm³/mol. The molecule has 0 aliphatic carbocycles. The van der Waals surface area contributed by atoms with E-state index < -0.39 is 0 Å². The number of allylic oxidation sites excluding steroid dienone is 5. The van der Waals surface area contributed by atoms with E-state index >= 15 is 0 Å². The standard InChI is InChI=1S/C29H39N3/c1-11-24(25(12-2)19-30-13-3)18-21(6)29(9)28(22(7)32(10)23(8)31-29)27-16-14-26(15-17-27)20(4)5/h11-20,28,31H,3,7-8H2,1-2,4-6,9-10H3/b21-18+,24-11+,25-12+,30-19?/t28?,29-/m1/s1. The molecule has 0 spiro atoms. The van der Waals surface area contributed by atoms with Gasteiger partial charge in [0.1, 0.15) is 0 Å². The fourth-order valence-corrected chi connectivity index (χ4v) is 4.25. The second kappa shape index (κ2) is 10.5. The molecule has 1 saturated heterocycles. The maximum Gasteiger partial charge on any atom is 0.0985 e. The minimum Gasteiger partial charge on any atom is -0.362 e. The predicted octanol–water partition coefficient (Wildman–Crippen LogP) is 7.23. The highest BCUT2D eigenvalue weighted by Gasteiger charge is 2.44. The van der Waals surface area contributed by atoms with E-state index in [9.17, 15) is 0 Å². The van der Waals surface area contributed by atoms with E-state index in [0.717, 1.165) is 22.7 Å². The van der Waals surface area contributed by atoms with E-state index in [1.165, 1.54) is 16.7 Å². The normalized spacial score (nSPS) is 23.2. The number of rotatable bonds is 7. The van der Waals surface area contributed by atoms with Crippen LogP contribution in [0.5, 0.6) is 0 Å². The van der Waals surface area contributed by atoms with Crippen molar-refractivity contribution < 1.29 is 0 Å². The summed E-state index contributed by atoms with van der Waals surface area (Å²) < 4.78 is 0. The number of benzene rings is 1. The number of aliphatic imine (C=N–C) groups is 1. The number of hydrogen-bond acceptors (Lipinski definition) is 3. The van der Waals surface area contributed by atoms with Gasteiger partial charge < -0.3 is 10.2 Å². The van der Waals surface area contributed by atoms with E-state index in [1.807, 2.05) is 20.2 Å². The fraction of sp³-hybridized carbons (Fsp3) is 0.345. The Kier molecular flexibility index (Phi) is 8.26. The van der Waals surface area contributed by atoms with Gasteiger partial charge in [0.15, 0.2) is 0 Å². The molecule has 1 aliphatic heterocycles. The summed E-state index contributed by atoms with van der Waals surface area (Å²) >= 11 is 0. The quantitative estimate of drug-likeness (QED) is 0.366. The van der Waals surface area contributed by atoms with Crippen molar-refractivity contribution in [3.63, 3.8) is 0 Å². The first-order valence-corrected chi connectivity index (χ1v) is 11.3. The highest BCUT2D eigenvalue weighted by molar-refractivity contribution is 5.86. The zero-order valence-corrected chi connectivity index (χ0v) is 20.9. The summed E-state index contributed by atoms with van der Waals surface area (Å²) in [6.45, 7) is 25.3. The van der Waals surface area contributed by atoms with Crippen LogP contribution in [0.3, 0.4) is 0 Å². The molecule has 170 valence electrons. The lowest BCUT2D eigenvalue weighted by Gasteiger charge is -2.50. The van der Waals surface area contributed by atoms with Gasteiger partial charge >= 0.3 is 0 Å². The molecular weight excluding hydrogens is 390 g/mol. The maximum atomic E-state index is 4.47. The van der Waals surface area contributed by atoms with Crippen LogP contribution in [0, 0.1) is 0 Å². The number of likely N-dealkylation sites (N-methyl/N-ethyl adjacent to an activating group) is 1. The van der Waals surface area contributed by atoms with Crippen molar-refractivity contribution >= 4 is 6.21 Å². The summed E-state index contributed by atoms with van der Waals surface area (Å²) in [5.41, 5.74) is 6.59. The number of hydrogen-bond donors (Lipinski definition) is 1. The Labute approximate surface area is 195 Å². The Morgan fingerprint density at radius 2 is 1.72 bits per heavy atom. The van der Waals surface area contributed by atoms with Gasteiger partial charge in [-0.15, -0.1) is 0 Å². The van der Waals surface area contributed by atoms with Gasteiger partial charge in [0.05, 0.1) is 17.3 Å². The SMILES string of the molecule is C=CN=CC(=C\C)/C(=C/C)/C=C(\C)[C@@]1(C)NC(=C)N(C)C(=C)C1c1ccc(C(C)C)cc1. The van der Waals surface area contributed by atoms with E-state index in [-0.39, 0.29) is 11.5 Å². The number of nitrogens with one attached hydrogen (secondary N) is 1. The van der Waals surface area contributed by atoms with Crippen LogP contribution in [0.25, 0.3) is 0 Å². The first-order chi connectivity index (χ1) is 15.1. The first kappa shape index (κ1) is 25.2. The van der Waals surface area contributed by atoms with Crippen LogP contribution in [-0.4, -0.2) is 23.7 Å². The summed E-state index contributed by atoms with van der Waals surface area (Å²) in [7, 11) is 2.02. The van der Waals surface area contributed by atoms with Crippen LogP contribution < -0.4 is 5.32 Å². The van der Waals surface area contributed by atoms with E-state index in [0.29, 0.717) is 5.92 Å². The van der Waals surface area contributed by atoms with Gasteiger partial charge in [-0.25, -0.2) is 0 Å². The molecule has 2 atom stereocenters. The third-order valence-corrected chi connectivity index (χ3v) is 6.55. The van der Waals surface area contributed by atoms with Crippen LogP contribution in [0.15, 0.2) is 102 Å². The van der Waals surface area contributed by atoms with Crippen LogP contribution in [0.4, 0.5) is 0 Å². The molecule has 1 aromatic carbocycles. The molecule has 1 N–H and O–H groups in total. The van der Waals surface area contributed by atoms with Crippen LogP contribution in [0.2, 0.25) is 0 Å². The molecular formula is C29H39N3. The molecule has 3 nitrogen and oxygen atoms in total. The van der Waals surface area contributed by atoms with Crippen molar-refractivity contribution in [2.75, 3.05) is 7.05 Å². The van der Waals surface area contributed by atoms with Crippen molar-refractivity contribution in [2.45, 2.75) is 58.9 Å². The van der Waals surface area contributed by atoms with Crippen LogP contribution >= 0.6 is 0 Å². The topological polar surface area (TPSA) is 27.6 Å². The molecule has 2 rings (SSSR count). The van der Waals surface area contributed by atoms with E-state index in [1.54, 1.807) is 6.20 Å². The summed E-state index contributed by atoms with van der Waals surface area (Å²) in [6, 6.07) is 8.95. The largest absolute Gasteiger partial charge is 0.362 e. The van der Waals surface area contributed by atoms with Gasteiger partial charge in [0, 0.05) is 25.2 Å². The lowest BCUT2D eigenvalue weighted by molar-refractivity contribution is 0.264. The summed E-state index contributed by atoms with van der Waals surface area (Å²) in [6.07, 6.45) is 9.81.